The van der Waals surface area contributed by atoms with Crippen molar-refractivity contribution in [3.05, 3.63) is 59.7 Å². The lowest BCUT2D eigenvalue weighted by Crippen LogP contribution is -2.32. The van der Waals surface area contributed by atoms with Crippen molar-refractivity contribution in [2.24, 2.45) is 0 Å². The molecule has 0 saturated heterocycles. The number of carbonyl (C=O) groups excluding carboxylic acids is 2. The molecule has 0 spiro atoms. The van der Waals surface area contributed by atoms with Crippen LogP contribution in [0, 0.1) is 0 Å². The summed E-state index contributed by atoms with van der Waals surface area (Å²) in [5.41, 5.74) is 4.10. The van der Waals surface area contributed by atoms with Gasteiger partial charge >= 0.3 is 0 Å². The van der Waals surface area contributed by atoms with Gasteiger partial charge in [0.2, 0.25) is 11.8 Å². The molecule has 0 fully saturated rings. The van der Waals surface area contributed by atoms with Crippen LogP contribution in [0.5, 0.6) is 0 Å². The quantitative estimate of drug-likeness (QED) is 0.788. The third-order valence-corrected chi connectivity index (χ3v) is 4.63. The maximum atomic E-state index is 12.3. The van der Waals surface area contributed by atoms with E-state index in [1.54, 1.807) is 4.90 Å². The Morgan fingerprint density at radius 1 is 0.963 bits per heavy atom. The highest BCUT2D eigenvalue weighted by molar-refractivity contribution is 5.94. The van der Waals surface area contributed by atoms with Crippen LogP contribution >= 0.6 is 0 Å². The van der Waals surface area contributed by atoms with Crippen LogP contribution in [0.3, 0.4) is 0 Å². The number of amides is 2. The maximum absolute atomic E-state index is 12.3. The number of nitrogens with zero attached hydrogens (tertiary/aromatic N) is 1. The molecule has 2 aromatic rings. The number of hydrogen-bond donors (Lipinski definition) is 1. The molecule has 4 heteroatoms. The number of benzene rings is 2. The van der Waals surface area contributed by atoms with Crippen LogP contribution in [0.25, 0.3) is 0 Å². The molecule has 2 rings (SSSR count). The molecule has 0 saturated carbocycles. The van der Waals surface area contributed by atoms with Crippen molar-refractivity contribution in [2.45, 2.75) is 52.9 Å². The topological polar surface area (TPSA) is 49.4 Å². The molecular formula is C23H30N2O2. The maximum Gasteiger partial charge on any atom is 0.226 e. The van der Waals surface area contributed by atoms with Crippen molar-refractivity contribution in [1.82, 2.24) is 0 Å². The van der Waals surface area contributed by atoms with Gasteiger partial charge in [0.15, 0.2) is 0 Å². The van der Waals surface area contributed by atoms with Gasteiger partial charge in [-0.2, -0.15) is 0 Å². The van der Waals surface area contributed by atoms with Crippen LogP contribution < -0.4 is 10.2 Å². The molecule has 0 aliphatic carbocycles. The van der Waals surface area contributed by atoms with Crippen LogP contribution in [0.2, 0.25) is 0 Å². The van der Waals surface area contributed by atoms with Crippen molar-refractivity contribution in [3.8, 4) is 0 Å². The lowest BCUT2D eigenvalue weighted by atomic mass is 9.87. The summed E-state index contributed by atoms with van der Waals surface area (Å²) in [6, 6.07) is 15.8. The van der Waals surface area contributed by atoms with E-state index in [1.165, 1.54) is 18.1 Å². The number of rotatable bonds is 6. The van der Waals surface area contributed by atoms with Crippen LogP contribution in [0.1, 0.15) is 52.2 Å². The zero-order chi connectivity index (χ0) is 20.0. The van der Waals surface area contributed by atoms with E-state index in [-0.39, 0.29) is 23.7 Å². The fourth-order valence-corrected chi connectivity index (χ4v) is 2.87. The van der Waals surface area contributed by atoms with E-state index in [0.29, 0.717) is 6.54 Å². The first kappa shape index (κ1) is 20.7. The first-order valence-corrected chi connectivity index (χ1v) is 9.48. The first-order valence-electron chi connectivity index (χ1n) is 9.48. The standard InChI is InChI=1S/C23H30N2O2/c1-6-18-7-11-20(12-8-18)24-22(27)15-16-25(17(2)26)21-13-9-19(10-14-21)23(3,4)5/h7-14H,6,15-16H2,1-5H3,(H,24,27). The normalized spacial score (nSPS) is 11.1. The summed E-state index contributed by atoms with van der Waals surface area (Å²) in [5.74, 6) is -0.171. The minimum atomic E-state index is -0.100. The zero-order valence-electron chi connectivity index (χ0n) is 17.0. The van der Waals surface area contributed by atoms with E-state index in [2.05, 4.69) is 33.0 Å². The van der Waals surface area contributed by atoms with E-state index in [1.807, 2.05) is 48.5 Å². The predicted molar refractivity (Wildman–Crippen MR) is 112 cm³/mol. The number of aryl methyl sites for hydroxylation is 1. The van der Waals surface area contributed by atoms with Crippen molar-refractivity contribution < 1.29 is 9.59 Å². The SMILES string of the molecule is CCc1ccc(NC(=O)CCN(C(C)=O)c2ccc(C(C)(C)C)cc2)cc1. The van der Waals surface area contributed by atoms with Gasteiger partial charge in [-0.15, -0.1) is 0 Å². The largest absolute Gasteiger partial charge is 0.326 e. The Bertz CT molecular complexity index is 772. The second-order valence-electron chi connectivity index (χ2n) is 7.82. The van der Waals surface area contributed by atoms with Gasteiger partial charge in [0.1, 0.15) is 0 Å². The van der Waals surface area contributed by atoms with Crippen LogP contribution in [-0.4, -0.2) is 18.4 Å². The highest BCUT2D eigenvalue weighted by Gasteiger charge is 2.16. The lowest BCUT2D eigenvalue weighted by Gasteiger charge is -2.23. The van der Waals surface area contributed by atoms with Gasteiger partial charge in [0, 0.05) is 31.3 Å². The Labute approximate surface area is 162 Å². The molecule has 0 bridgehead atoms. The van der Waals surface area contributed by atoms with Gasteiger partial charge in [0.25, 0.3) is 0 Å². The van der Waals surface area contributed by atoms with Gasteiger partial charge < -0.3 is 10.2 Å². The Balaban J connectivity index is 1.99. The number of anilines is 2. The van der Waals surface area contributed by atoms with Gasteiger partial charge in [-0.05, 0) is 47.2 Å². The fraction of sp³-hybridized carbons (Fsp3) is 0.391. The third kappa shape index (κ3) is 5.95. The molecule has 0 aliphatic heterocycles. The summed E-state index contributed by atoms with van der Waals surface area (Å²) in [6.45, 7) is 10.4. The summed E-state index contributed by atoms with van der Waals surface area (Å²) in [5, 5.41) is 2.89. The predicted octanol–water partition coefficient (Wildman–Crippen LogP) is 4.93. The average molecular weight is 367 g/mol. The summed E-state index contributed by atoms with van der Waals surface area (Å²) in [4.78, 5) is 26.0. The average Bonchev–Trinajstić information content (AvgIpc) is 2.62. The van der Waals surface area contributed by atoms with Crippen LogP contribution in [-0.2, 0) is 21.4 Å². The van der Waals surface area contributed by atoms with Crippen molar-refractivity contribution in [3.63, 3.8) is 0 Å². The Hall–Kier alpha value is -2.62. The lowest BCUT2D eigenvalue weighted by molar-refractivity contribution is -0.117. The minimum absolute atomic E-state index is 0.0623. The summed E-state index contributed by atoms with van der Waals surface area (Å²) in [6.07, 6.45) is 1.21. The van der Waals surface area contributed by atoms with Gasteiger partial charge in [-0.1, -0.05) is 52.0 Å². The summed E-state index contributed by atoms with van der Waals surface area (Å²) >= 11 is 0. The molecule has 2 amide bonds. The number of carbonyl (C=O) groups is 2. The zero-order valence-corrected chi connectivity index (χ0v) is 17.0. The highest BCUT2D eigenvalue weighted by atomic mass is 16.2. The molecule has 0 unspecified atom stereocenters. The Morgan fingerprint density at radius 2 is 1.56 bits per heavy atom. The smallest absolute Gasteiger partial charge is 0.226 e. The van der Waals surface area contributed by atoms with E-state index < -0.39 is 0 Å². The molecule has 0 aromatic heterocycles. The van der Waals surface area contributed by atoms with Gasteiger partial charge in [0.05, 0.1) is 0 Å². The van der Waals surface area contributed by atoms with E-state index >= 15 is 0 Å². The molecule has 2 aromatic carbocycles. The van der Waals surface area contributed by atoms with Crippen LogP contribution in [0.4, 0.5) is 11.4 Å². The van der Waals surface area contributed by atoms with E-state index in [4.69, 9.17) is 0 Å². The summed E-state index contributed by atoms with van der Waals surface area (Å²) in [7, 11) is 0. The molecule has 1 N–H and O–H groups in total. The van der Waals surface area contributed by atoms with Crippen molar-refractivity contribution in [1.29, 1.82) is 0 Å². The van der Waals surface area contributed by atoms with E-state index in [9.17, 15) is 9.59 Å². The molecule has 4 nitrogen and oxygen atoms in total. The van der Waals surface area contributed by atoms with Crippen LogP contribution in [0.15, 0.2) is 48.5 Å². The molecule has 0 atom stereocenters. The molecule has 0 heterocycles. The molecule has 144 valence electrons. The monoisotopic (exact) mass is 366 g/mol. The molecule has 27 heavy (non-hydrogen) atoms. The summed E-state index contributed by atoms with van der Waals surface area (Å²) < 4.78 is 0. The molecule has 0 radical (unpaired) electrons. The van der Waals surface area contributed by atoms with Gasteiger partial charge in [-0.25, -0.2) is 0 Å². The number of nitrogens with one attached hydrogen (secondary N) is 1. The molecule has 0 aliphatic rings. The molecular weight excluding hydrogens is 336 g/mol. The highest BCUT2D eigenvalue weighted by Crippen LogP contribution is 2.25. The fourth-order valence-electron chi connectivity index (χ4n) is 2.87. The second-order valence-corrected chi connectivity index (χ2v) is 7.82. The number of hydrogen-bond acceptors (Lipinski definition) is 2. The van der Waals surface area contributed by atoms with Gasteiger partial charge in [-0.3, -0.25) is 9.59 Å². The van der Waals surface area contributed by atoms with Crippen molar-refractivity contribution >= 4 is 23.2 Å². The first-order chi connectivity index (χ1) is 12.7. The van der Waals surface area contributed by atoms with Crippen molar-refractivity contribution in [2.75, 3.05) is 16.8 Å². The van der Waals surface area contributed by atoms with E-state index in [0.717, 1.165) is 17.8 Å². The minimum Gasteiger partial charge on any atom is -0.326 e. The third-order valence-electron chi connectivity index (χ3n) is 4.63. The second kappa shape index (κ2) is 8.85. The Morgan fingerprint density at radius 3 is 2.04 bits per heavy atom. The Kier molecular flexibility index (Phi) is 6.78.